The fourth-order valence-corrected chi connectivity index (χ4v) is 1.79. The molecule has 1 aliphatic heterocycles. The highest BCUT2D eigenvalue weighted by Gasteiger charge is 2.47. The number of nitrogens with zero attached hydrogens (tertiary/aromatic N) is 1. The fourth-order valence-electron chi connectivity index (χ4n) is 1.79. The first-order valence-electron chi connectivity index (χ1n) is 4.64. The third kappa shape index (κ3) is 1.30. The van der Waals surface area contributed by atoms with Crippen molar-refractivity contribution in [2.75, 3.05) is 6.54 Å². The molecule has 0 spiro atoms. The van der Waals surface area contributed by atoms with Gasteiger partial charge in [0.15, 0.2) is 0 Å². The molecule has 0 aromatic rings. The van der Waals surface area contributed by atoms with E-state index in [1.54, 1.807) is 0 Å². The average Bonchev–Trinajstić information content (AvgIpc) is 2.62. The molecule has 2 aliphatic rings. The van der Waals surface area contributed by atoms with Crippen LogP contribution in [0.25, 0.3) is 0 Å². The molecule has 1 saturated heterocycles. The van der Waals surface area contributed by atoms with Crippen LogP contribution in [0, 0.1) is 11.8 Å². The first kappa shape index (κ1) is 8.53. The molecular weight excluding hydrogens is 170 g/mol. The van der Waals surface area contributed by atoms with E-state index in [1.807, 2.05) is 6.92 Å². The van der Waals surface area contributed by atoms with Crippen molar-refractivity contribution in [2.24, 2.45) is 11.8 Å². The SMILES string of the molecule is CC1CC1C(=O)N1CCC1C(=O)O. The summed E-state index contributed by atoms with van der Waals surface area (Å²) in [7, 11) is 0. The highest BCUT2D eigenvalue weighted by molar-refractivity contribution is 5.88. The van der Waals surface area contributed by atoms with Crippen LogP contribution in [-0.2, 0) is 9.59 Å². The van der Waals surface area contributed by atoms with Crippen molar-refractivity contribution in [3.63, 3.8) is 0 Å². The van der Waals surface area contributed by atoms with Crippen LogP contribution in [0.15, 0.2) is 0 Å². The molecule has 2 rings (SSSR count). The van der Waals surface area contributed by atoms with E-state index in [9.17, 15) is 9.59 Å². The van der Waals surface area contributed by atoms with E-state index in [1.165, 1.54) is 4.90 Å². The summed E-state index contributed by atoms with van der Waals surface area (Å²) in [5.74, 6) is -0.247. The number of aliphatic carboxylic acids is 1. The number of carbonyl (C=O) groups is 2. The lowest BCUT2D eigenvalue weighted by molar-refractivity contribution is -0.158. The second-order valence-electron chi connectivity index (χ2n) is 3.99. The lowest BCUT2D eigenvalue weighted by Gasteiger charge is -2.38. The summed E-state index contributed by atoms with van der Waals surface area (Å²) in [6.45, 7) is 2.65. The molecule has 1 heterocycles. The molecule has 0 bridgehead atoms. The van der Waals surface area contributed by atoms with Crippen LogP contribution in [0.1, 0.15) is 19.8 Å². The van der Waals surface area contributed by atoms with Crippen molar-refractivity contribution in [1.29, 1.82) is 0 Å². The van der Waals surface area contributed by atoms with E-state index in [2.05, 4.69) is 0 Å². The second-order valence-corrected chi connectivity index (χ2v) is 3.99. The number of carboxylic acids is 1. The number of hydrogen-bond donors (Lipinski definition) is 1. The Bertz CT molecular complexity index is 264. The molecule has 4 heteroatoms. The normalized spacial score (nSPS) is 36.7. The Morgan fingerprint density at radius 1 is 1.46 bits per heavy atom. The maximum Gasteiger partial charge on any atom is 0.326 e. The predicted molar refractivity (Wildman–Crippen MR) is 45.0 cm³/mol. The molecular formula is C9H13NO3. The Morgan fingerprint density at radius 3 is 2.38 bits per heavy atom. The van der Waals surface area contributed by atoms with Gasteiger partial charge in [0.05, 0.1) is 0 Å². The van der Waals surface area contributed by atoms with Gasteiger partial charge >= 0.3 is 5.97 Å². The van der Waals surface area contributed by atoms with Crippen LogP contribution in [-0.4, -0.2) is 34.5 Å². The van der Waals surface area contributed by atoms with Crippen molar-refractivity contribution in [3.8, 4) is 0 Å². The van der Waals surface area contributed by atoms with Gasteiger partial charge in [-0.05, 0) is 18.8 Å². The molecule has 2 fully saturated rings. The smallest absolute Gasteiger partial charge is 0.326 e. The monoisotopic (exact) mass is 183 g/mol. The quantitative estimate of drug-likeness (QED) is 0.671. The Morgan fingerprint density at radius 2 is 2.08 bits per heavy atom. The lowest BCUT2D eigenvalue weighted by Crippen LogP contribution is -2.55. The molecule has 0 radical (unpaired) electrons. The molecule has 0 aromatic heterocycles. The Labute approximate surface area is 76.5 Å². The summed E-state index contributed by atoms with van der Waals surface area (Å²) in [6, 6.07) is -0.541. The van der Waals surface area contributed by atoms with Crippen molar-refractivity contribution in [2.45, 2.75) is 25.8 Å². The highest BCUT2D eigenvalue weighted by atomic mass is 16.4. The number of carbonyl (C=O) groups excluding carboxylic acids is 1. The molecule has 1 aliphatic carbocycles. The third-order valence-corrected chi connectivity index (χ3v) is 3.01. The average molecular weight is 183 g/mol. The molecule has 13 heavy (non-hydrogen) atoms. The maximum absolute atomic E-state index is 11.6. The van der Waals surface area contributed by atoms with E-state index in [4.69, 9.17) is 5.11 Å². The second kappa shape index (κ2) is 2.72. The molecule has 0 aromatic carbocycles. The summed E-state index contributed by atoms with van der Waals surface area (Å²) in [4.78, 5) is 23.7. The van der Waals surface area contributed by atoms with Gasteiger partial charge in [-0.25, -0.2) is 4.79 Å². The van der Waals surface area contributed by atoms with Gasteiger partial charge in [-0.3, -0.25) is 4.79 Å². The van der Waals surface area contributed by atoms with Gasteiger partial charge < -0.3 is 10.0 Å². The minimum Gasteiger partial charge on any atom is -0.480 e. The first-order valence-corrected chi connectivity index (χ1v) is 4.64. The van der Waals surface area contributed by atoms with E-state index in [0.29, 0.717) is 18.9 Å². The highest BCUT2D eigenvalue weighted by Crippen LogP contribution is 2.40. The zero-order chi connectivity index (χ0) is 9.59. The van der Waals surface area contributed by atoms with Crippen LogP contribution in [0.4, 0.5) is 0 Å². The molecule has 1 saturated carbocycles. The fraction of sp³-hybridized carbons (Fsp3) is 0.778. The van der Waals surface area contributed by atoms with Gasteiger partial charge in [0, 0.05) is 12.5 Å². The molecule has 1 N–H and O–H groups in total. The van der Waals surface area contributed by atoms with Crippen molar-refractivity contribution in [1.82, 2.24) is 4.90 Å². The van der Waals surface area contributed by atoms with Crippen LogP contribution in [0.2, 0.25) is 0 Å². The Hall–Kier alpha value is -1.06. The van der Waals surface area contributed by atoms with Crippen molar-refractivity contribution >= 4 is 11.9 Å². The minimum absolute atomic E-state index is 0.0474. The topological polar surface area (TPSA) is 57.6 Å². The number of hydrogen-bond acceptors (Lipinski definition) is 2. The van der Waals surface area contributed by atoms with Crippen LogP contribution < -0.4 is 0 Å². The Balaban J connectivity index is 1.94. The summed E-state index contributed by atoms with van der Waals surface area (Å²) in [5, 5.41) is 8.73. The van der Waals surface area contributed by atoms with Gasteiger partial charge in [0.2, 0.25) is 5.91 Å². The maximum atomic E-state index is 11.6. The summed E-state index contributed by atoms with van der Waals surface area (Å²) >= 11 is 0. The summed E-state index contributed by atoms with van der Waals surface area (Å²) in [6.07, 6.45) is 1.55. The van der Waals surface area contributed by atoms with Gasteiger partial charge in [0.25, 0.3) is 0 Å². The molecule has 3 unspecified atom stereocenters. The van der Waals surface area contributed by atoms with Crippen molar-refractivity contribution in [3.05, 3.63) is 0 Å². The number of likely N-dealkylation sites (tertiary alicyclic amines) is 1. The molecule has 1 amide bonds. The largest absolute Gasteiger partial charge is 0.480 e. The zero-order valence-corrected chi connectivity index (χ0v) is 7.56. The van der Waals surface area contributed by atoms with Crippen LogP contribution in [0.5, 0.6) is 0 Å². The van der Waals surface area contributed by atoms with Gasteiger partial charge in [-0.15, -0.1) is 0 Å². The number of amides is 1. The van der Waals surface area contributed by atoms with E-state index in [0.717, 1.165) is 6.42 Å². The zero-order valence-electron chi connectivity index (χ0n) is 7.56. The molecule has 3 atom stereocenters. The summed E-state index contributed by atoms with van der Waals surface area (Å²) in [5.41, 5.74) is 0. The standard InChI is InChI=1S/C9H13NO3/c1-5-4-6(5)8(11)10-3-2-7(10)9(12)13/h5-7H,2-4H2,1H3,(H,12,13). The number of carboxylic acid groups (broad SMARTS) is 1. The van der Waals surface area contributed by atoms with E-state index < -0.39 is 12.0 Å². The van der Waals surface area contributed by atoms with Gasteiger partial charge in [-0.2, -0.15) is 0 Å². The molecule has 4 nitrogen and oxygen atoms in total. The molecule has 72 valence electrons. The van der Waals surface area contributed by atoms with Crippen LogP contribution >= 0.6 is 0 Å². The Kier molecular flexibility index (Phi) is 1.78. The van der Waals surface area contributed by atoms with Gasteiger partial charge in [-0.1, -0.05) is 6.92 Å². The number of rotatable bonds is 2. The van der Waals surface area contributed by atoms with E-state index >= 15 is 0 Å². The van der Waals surface area contributed by atoms with E-state index in [-0.39, 0.29) is 11.8 Å². The lowest BCUT2D eigenvalue weighted by atomic mass is 10.0. The minimum atomic E-state index is -0.868. The van der Waals surface area contributed by atoms with Gasteiger partial charge in [0.1, 0.15) is 6.04 Å². The van der Waals surface area contributed by atoms with Crippen LogP contribution in [0.3, 0.4) is 0 Å². The van der Waals surface area contributed by atoms with Crippen molar-refractivity contribution < 1.29 is 14.7 Å². The predicted octanol–water partition coefficient (Wildman–Crippen LogP) is 0.328. The first-order chi connectivity index (χ1) is 6.11. The third-order valence-electron chi connectivity index (χ3n) is 3.01. The summed E-state index contributed by atoms with van der Waals surface area (Å²) < 4.78 is 0.